The van der Waals surface area contributed by atoms with E-state index in [1.54, 1.807) is 0 Å². The highest BCUT2D eigenvalue weighted by atomic mass is 16.1. The molecule has 0 fully saturated rings. The summed E-state index contributed by atoms with van der Waals surface area (Å²) >= 11 is 0. The molecule has 86 valence electrons. The van der Waals surface area contributed by atoms with Crippen LogP contribution < -0.4 is 4.90 Å². The predicted octanol–water partition coefficient (Wildman–Crippen LogP) is 3.07. The Kier molecular flexibility index (Phi) is 4.77. The maximum Gasteiger partial charge on any atom is 0.150 e. The molecule has 0 amide bonds. The minimum Gasteiger partial charge on any atom is -0.372 e. The number of anilines is 1. The molecule has 0 unspecified atom stereocenters. The van der Waals surface area contributed by atoms with Crippen molar-refractivity contribution in [1.29, 1.82) is 0 Å². The molecule has 1 aromatic carbocycles. The first-order chi connectivity index (χ1) is 7.76. The third kappa shape index (κ3) is 2.72. The highest BCUT2D eigenvalue weighted by Gasteiger charge is 2.05. The Hall–Kier alpha value is -1.57. The Balaban J connectivity index is 3.09. The van der Waals surface area contributed by atoms with Gasteiger partial charge in [-0.3, -0.25) is 4.79 Å². The zero-order valence-electron chi connectivity index (χ0n) is 10.1. The van der Waals surface area contributed by atoms with Gasteiger partial charge in [0.15, 0.2) is 0 Å². The lowest BCUT2D eigenvalue weighted by molar-refractivity contribution is 0.112. The van der Waals surface area contributed by atoms with Crippen molar-refractivity contribution in [3.8, 4) is 0 Å². The molecule has 0 aromatic heterocycles. The van der Waals surface area contributed by atoms with Gasteiger partial charge in [0.05, 0.1) is 0 Å². The Morgan fingerprint density at radius 1 is 1.31 bits per heavy atom. The molecule has 0 aliphatic heterocycles. The van der Waals surface area contributed by atoms with Gasteiger partial charge in [-0.1, -0.05) is 6.08 Å². The van der Waals surface area contributed by atoms with Gasteiger partial charge in [-0.15, -0.1) is 6.58 Å². The van der Waals surface area contributed by atoms with Crippen molar-refractivity contribution in [2.24, 2.45) is 0 Å². The van der Waals surface area contributed by atoms with Crippen LogP contribution >= 0.6 is 0 Å². The molecule has 0 N–H and O–H groups in total. The van der Waals surface area contributed by atoms with Crippen molar-refractivity contribution in [2.45, 2.75) is 20.3 Å². The quantitative estimate of drug-likeness (QED) is 0.539. The van der Waals surface area contributed by atoms with E-state index in [1.165, 1.54) is 5.69 Å². The van der Waals surface area contributed by atoms with E-state index in [4.69, 9.17) is 0 Å². The van der Waals surface area contributed by atoms with Crippen LogP contribution in [0.3, 0.4) is 0 Å². The van der Waals surface area contributed by atoms with Gasteiger partial charge in [-0.25, -0.2) is 0 Å². The molecule has 1 rings (SSSR count). The number of hydrogen-bond donors (Lipinski definition) is 0. The van der Waals surface area contributed by atoms with Crippen LogP contribution in [0.4, 0.5) is 5.69 Å². The van der Waals surface area contributed by atoms with E-state index in [9.17, 15) is 4.79 Å². The molecule has 0 atom stereocenters. The van der Waals surface area contributed by atoms with E-state index < -0.39 is 0 Å². The summed E-state index contributed by atoms with van der Waals surface area (Å²) in [6, 6.07) is 5.97. The number of nitrogens with zero attached hydrogens (tertiary/aromatic N) is 1. The van der Waals surface area contributed by atoms with E-state index in [1.807, 2.05) is 18.2 Å². The number of allylic oxidation sites excluding steroid dienone is 1. The van der Waals surface area contributed by atoms with E-state index in [0.29, 0.717) is 0 Å². The topological polar surface area (TPSA) is 20.3 Å². The molecule has 0 aliphatic carbocycles. The maximum atomic E-state index is 10.9. The van der Waals surface area contributed by atoms with Gasteiger partial charge in [-0.2, -0.15) is 0 Å². The van der Waals surface area contributed by atoms with Crippen LogP contribution in [0.2, 0.25) is 0 Å². The van der Waals surface area contributed by atoms with Gasteiger partial charge in [0.1, 0.15) is 6.29 Å². The molecule has 0 bridgehead atoms. The lowest BCUT2D eigenvalue weighted by Crippen LogP contribution is -2.21. The summed E-state index contributed by atoms with van der Waals surface area (Å²) in [6.07, 6.45) is 3.47. The minimum absolute atomic E-state index is 0.739. The number of aldehydes is 1. The smallest absolute Gasteiger partial charge is 0.150 e. The second kappa shape index (κ2) is 6.11. The molecule has 0 saturated heterocycles. The summed E-state index contributed by atoms with van der Waals surface area (Å²) < 4.78 is 0. The van der Waals surface area contributed by atoms with E-state index in [2.05, 4.69) is 31.4 Å². The Morgan fingerprint density at radius 2 is 2.00 bits per heavy atom. The third-order valence-electron chi connectivity index (χ3n) is 2.75. The molecule has 2 heteroatoms. The first-order valence-electron chi connectivity index (χ1n) is 5.70. The van der Waals surface area contributed by atoms with Crippen LogP contribution in [0.25, 0.3) is 0 Å². The fraction of sp³-hybridized carbons (Fsp3) is 0.357. The number of rotatable bonds is 6. The Labute approximate surface area is 97.6 Å². The SMILES string of the molecule is C=CCc1cc(N(CC)CC)ccc1C=O. The Bertz CT molecular complexity index is 367. The van der Waals surface area contributed by atoms with Gasteiger partial charge < -0.3 is 4.90 Å². The molecular weight excluding hydrogens is 198 g/mol. The molecule has 1 aromatic rings. The average molecular weight is 217 g/mol. The molecule has 0 spiro atoms. The van der Waals surface area contributed by atoms with Gasteiger partial charge in [-0.05, 0) is 44.0 Å². The van der Waals surface area contributed by atoms with Gasteiger partial charge in [0.25, 0.3) is 0 Å². The van der Waals surface area contributed by atoms with Crippen LogP contribution in [0.1, 0.15) is 29.8 Å². The van der Waals surface area contributed by atoms with Crippen molar-refractivity contribution in [1.82, 2.24) is 0 Å². The van der Waals surface area contributed by atoms with Crippen LogP contribution in [0, 0.1) is 0 Å². The first-order valence-corrected chi connectivity index (χ1v) is 5.70. The van der Waals surface area contributed by atoms with Crippen molar-refractivity contribution in [3.63, 3.8) is 0 Å². The normalized spacial score (nSPS) is 9.88. The average Bonchev–Trinajstić information content (AvgIpc) is 2.31. The summed E-state index contributed by atoms with van der Waals surface area (Å²) in [4.78, 5) is 13.1. The van der Waals surface area contributed by atoms with E-state index in [0.717, 1.165) is 36.9 Å². The second-order valence-corrected chi connectivity index (χ2v) is 3.67. The number of hydrogen-bond acceptors (Lipinski definition) is 2. The molecule has 0 radical (unpaired) electrons. The van der Waals surface area contributed by atoms with Gasteiger partial charge in [0.2, 0.25) is 0 Å². The number of carbonyl (C=O) groups excluding carboxylic acids is 1. The molecule has 16 heavy (non-hydrogen) atoms. The zero-order chi connectivity index (χ0) is 12.0. The molecular formula is C14H19NO. The van der Waals surface area contributed by atoms with Crippen LogP contribution in [0.15, 0.2) is 30.9 Å². The van der Waals surface area contributed by atoms with Crippen LogP contribution in [0.5, 0.6) is 0 Å². The molecule has 0 saturated carbocycles. The second-order valence-electron chi connectivity index (χ2n) is 3.67. The van der Waals surface area contributed by atoms with Gasteiger partial charge >= 0.3 is 0 Å². The fourth-order valence-electron chi connectivity index (χ4n) is 1.82. The van der Waals surface area contributed by atoms with Gasteiger partial charge in [0, 0.05) is 24.3 Å². The summed E-state index contributed by atoms with van der Waals surface area (Å²) in [5.41, 5.74) is 2.98. The molecule has 0 aliphatic rings. The lowest BCUT2D eigenvalue weighted by Gasteiger charge is -2.22. The highest BCUT2D eigenvalue weighted by Crippen LogP contribution is 2.19. The van der Waals surface area contributed by atoms with Crippen LogP contribution in [-0.2, 0) is 6.42 Å². The summed E-state index contributed by atoms with van der Waals surface area (Å²) in [5.74, 6) is 0. The fourth-order valence-corrected chi connectivity index (χ4v) is 1.82. The minimum atomic E-state index is 0.739. The summed E-state index contributed by atoms with van der Waals surface area (Å²) in [7, 11) is 0. The Morgan fingerprint density at radius 3 is 2.50 bits per heavy atom. The summed E-state index contributed by atoms with van der Waals surface area (Å²) in [6.45, 7) is 9.93. The van der Waals surface area contributed by atoms with Crippen molar-refractivity contribution >= 4 is 12.0 Å². The monoisotopic (exact) mass is 217 g/mol. The maximum absolute atomic E-state index is 10.9. The number of carbonyl (C=O) groups is 1. The largest absolute Gasteiger partial charge is 0.372 e. The summed E-state index contributed by atoms with van der Waals surface area (Å²) in [5, 5.41) is 0. The van der Waals surface area contributed by atoms with Crippen molar-refractivity contribution in [2.75, 3.05) is 18.0 Å². The zero-order valence-corrected chi connectivity index (χ0v) is 10.1. The number of benzene rings is 1. The third-order valence-corrected chi connectivity index (χ3v) is 2.75. The van der Waals surface area contributed by atoms with Crippen LogP contribution in [-0.4, -0.2) is 19.4 Å². The predicted molar refractivity (Wildman–Crippen MR) is 69.3 cm³/mol. The van der Waals surface area contributed by atoms with E-state index in [-0.39, 0.29) is 0 Å². The van der Waals surface area contributed by atoms with E-state index >= 15 is 0 Å². The lowest BCUT2D eigenvalue weighted by atomic mass is 10.0. The standard InChI is InChI=1S/C14H19NO/c1-4-7-12-10-14(15(5-2)6-3)9-8-13(12)11-16/h4,8-11H,1,5-7H2,2-3H3. The highest BCUT2D eigenvalue weighted by molar-refractivity contribution is 5.78. The molecule has 2 nitrogen and oxygen atoms in total. The first kappa shape index (κ1) is 12.5. The van der Waals surface area contributed by atoms with Crippen molar-refractivity contribution in [3.05, 3.63) is 42.0 Å². The molecule has 0 heterocycles. The van der Waals surface area contributed by atoms with Crippen molar-refractivity contribution < 1.29 is 4.79 Å².